The minimum atomic E-state index is -0.946. The molecule has 0 aliphatic rings. The van der Waals surface area contributed by atoms with Gasteiger partial charge >= 0.3 is 0 Å². The molecule has 0 aliphatic carbocycles. The van der Waals surface area contributed by atoms with Crippen molar-refractivity contribution in [1.29, 1.82) is 0 Å². The minimum Gasteiger partial charge on any atom is -0.507 e. The lowest BCUT2D eigenvalue weighted by Crippen LogP contribution is -2.41. The molecule has 0 fully saturated rings. The quantitative estimate of drug-likeness (QED) is 0.292. The lowest BCUT2D eigenvalue weighted by atomic mass is 9.97. The summed E-state index contributed by atoms with van der Waals surface area (Å²) < 4.78 is 1.98. The molecule has 1 atom stereocenters. The summed E-state index contributed by atoms with van der Waals surface area (Å²) in [6.45, 7) is 8.42. The number of aryl methyl sites for hydroxylation is 1. The van der Waals surface area contributed by atoms with Crippen LogP contribution in [-0.4, -0.2) is 41.4 Å². The van der Waals surface area contributed by atoms with Crippen molar-refractivity contribution < 1.29 is 10.2 Å². The number of aromatic hydroxyl groups is 1. The number of imidazole rings is 1. The summed E-state index contributed by atoms with van der Waals surface area (Å²) >= 11 is 0. The molecule has 0 aliphatic heterocycles. The van der Waals surface area contributed by atoms with E-state index in [2.05, 4.69) is 32.7 Å². The second-order valence-corrected chi connectivity index (χ2v) is 9.12. The molecule has 0 radical (unpaired) electrons. The van der Waals surface area contributed by atoms with Gasteiger partial charge < -0.3 is 25.4 Å². The zero-order chi connectivity index (χ0) is 24.3. The van der Waals surface area contributed by atoms with E-state index in [0.29, 0.717) is 42.4 Å². The molecule has 4 rings (SSSR count). The Kier molecular flexibility index (Phi) is 6.70. The number of hydrogen-bond donors (Lipinski definition) is 4. The van der Waals surface area contributed by atoms with Crippen LogP contribution < -0.4 is 10.6 Å². The third-order valence-electron chi connectivity index (χ3n) is 5.99. The van der Waals surface area contributed by atoms with E-state index in [1.165, 1.54) is 0 Å². The Morgan fingerprint density at radius 1 is 1.06 bits per heavy atom. The molecule has 4 aromatic rings. The maximum absolute atomic E-state index is 10.6. The molecule has 0 amide bonds. The van der Waals surface area contributed by atoms with Crippen LogP contribution in [0.25, 0.3) is 11.2 Å². The molecule has 2 heterocycles. The number of nitrogens with zero attached hydrogens (tertiary/aromatic N) is 4. The van der Waals surface area contributed by atoms with Crippen LogP contribution in [0.15, 0.2) is 54.9 Å². The molecule has 34 heavy (non-hydrogen) atoms. The van der Waals surface area contributed by atoms with Crippen molar-refractivity contribution in [1.82, 2.24) is 19.5 Å². The third kappa shape index (κ3) is 5.12. The standard InChI is InChI=1S/C26H32N6O2/c1-5-20(26(3,4)34)29-25-30-23(27-14-19-13-9-10-17(2)22(19)33)21-24(31-25)32(16-28-21)15-18-11-7-6-8-12-18/h6-13,16,20,33-34H,5,14-15H2,1-4H3,(H2,27,29,30,31). The first-order valence-electron chi connectivity index (χ1n) is 11.5. The van der Waals surface area contributed by atoms with Crippen molar-refractivity contribution >= 4 is 22.9 Å². The molecular weight excluding hydrogens is 428 g/mol. The SMILES string of the molecule is CCC(Nc1nc(NCc2cccc(C)c2O)c2ncn(Cc3ccccc3)c2n1)C(C)(C)O. The van der Waals surface area contributed by atoms with E-state index in [1.54, 1.807) is 20.2 Å². The molecule has 178 valence electrons. The van der Waals surface area contributed by atoms with Gasteiger partial charge in [0.2, 0.25) is 5.95 Å². The Hall–Kier alpha value is -3.65. The Bertz CT molecular complexity index is 1260. The summed E-state index contributed by atoms with van der Waals surface area (Å²) in [6, 6.07) is 15.6. The summed E-state index contributed by atoms with van der Waals surface area (Å²) in [5, 5.41) is 27.6. The number of para-hydroxylation sites is 1. The number of hydrogen-bond acceptors (Lipinski definition) is 7. The number of aliphatic hydroxyl groups is 1. The normalized spacial score (nSPS) is 12.6. The fourth-order valence-corrected chi connectivity index (χ4v) is 4.00. The van der Waals surface area contributed by atoms with Crippen LogP contribution in [0.3, 0.4) is 0 Å². The summed E-state index contributed by atoms with van der Waals surface area (Å²) in [5.41, 5.74) is 3.11. The zero-order valence-electron chi connectivity index (χ0n) is 20.1. The molecule has 2 aromatic carbocycles. The molecule has 0 saturated heterocycles. The first-order valence-corrected chi connectivity index (χ1v) is 11.5. The first-order chi connectivity index (χ1) is 16.3. The first kappa shape index (κ1) is 23.5. The van der Waals surface area contributed by atoms with Crippen LogP contribution in [-0.2, 0) is 13.1 Å². The molecule has 1 unspecified atom stereocenters. The lowest BCUT2D eigenvalue weighted by Gasteiger charge is -2.29. The zero-order valence-corrected chi connectivity index (χ0v) is 20.1. The van der Waals surface area contributed by atoms with Crippen LogP contribution >= 0.6 is 0 Å². The summed E-state index contributed by atoms with van der Waals surface area (Å²) in [6.07, 6.45) is 2.47. The summed E-state index contributed by atoms with van der Waals surface area (Å²) in [5.74, 6) is 1.24. The predicted octanol–water partition coefficient (Wildman–Crippen LogP) is 4.46. The fraction of sp³-hybridized carbons (Fsp3) is 0.346. The second-order valence-electron chi connectivity index (χ2n) is 9.12. The molecule has 8 nitrogen and oxygen atoms in total. The van der Waals surface area contributed by atoms with Gasteiger partial charge in [0.05, 0.1) is 24.5 Å². The van der Waals surface area contributed by atoms with E-state index >= 15 is 0 Å². The van der Waals surface area contributed by atoms with E-state index in [1.807, 2.05) is 54.8 Å². The highest BCUT2D eigenvalue weighted by Gasteiger charge is 2.26. The summed E-state index contributed by atoms with van der Waals surface area (Å²) in [7, 11) is 0. The average Bonchev–Trinajstić information content (AvgIpc) is 3.21. The van der Waals surface area contributed by atoms with Crippen molar-refractivity contribution in [2.75, 3.05) is 10.6 Å². The Morgan fingerprint density at radius 2 is 1.82 bits per heavy atom. The van der Waals surface area contributed by atoms with Gasteiger partial charge in [-0.1, -0.05) is 55.5 Å². The van der Waals surface area contributed by atoms with Gasteiger partial charge in [0, 0.05) is 12.1 Å². The topological polar surface area (TPSA) is 108 Å². The molecular formula is C26H32N6O2. The van der Waals surface area contributed by atoms with Gasteiger partial charge in [-0.05, 0) is 38.3 Å². The van der Waals surface area contributed by atoms with E-state index in [4.69, 9.17) is 4.98 Å². The van der Waals surface area contributed by atoms with Gasteiger partial charge in [0.15, 0.2) is 17.0 Å². The van der Waals surface area contributed by atoms with Crippen molar-refractivity contribution in [3.05, 3.63) is 71.5 Å². The highest BCUT2D eigenvalue weighted by molar-refractivity contribution is 5.84. The highest BCUT2D eigenvalue weighted by atomic mass is 16.3. The number of benzene rings is 2. The fourth-order valence-electron chi connectivity index (χ4n) is 4.00. The van der Waals surface area contributed by atoms with Gasteiger partial charge in [-0.25, -0.2) is 4.98 Å². The van der Waals surface area contributed by atoms with Crippen LogP contribution in [0.2, 0.25) is 0 Å². The lowest BCUT2D eigenvalue weighted by molar-refractivity contribution is 0.0577. The number of nitrogens with one attached hydrogen (secondary N) is 2. The van der Waals surface area contributed by atoms with Crippen molar-refractivity contribution in [2.45, 2.75) is 58.8 Å². The number of aromatic nitrogens is 4. The number of anilines is 2. The highest BCUT2D eigenvalue weighted by Crippen LogP contribution is 2.26. The molecule has 4 N–H and O–H groups in total. The van der Waals surface area contributed by atoms with Gasteiger partial charge in [-0.2, -0.15) is 9.97 Å². The van der Waals surface area contributed by atoms with Crippen molar-refractivity contribution in [2.24, 2.45) is 0 Å². The third-order valence-corrected chi connectivity index (χ3v) is 5.99. The van der Waals surface area contributed by atoms with E-state index in [-0.39, 0.29) is 11.8 Å². The van der Waals surface area contributed by atoms with Gasteiger partial charge in [-0.15, -0.1) is 0 Å². The number of phenolic OH excluding ortho intramolecular Hbond substituents is 1. The molecule has 0 saturated carbocycles. The monoisotopic (exact) mass is 460 g/mol. The van der Waals surface area contributed by atoms with Crippen LogP contribution in [0.4, 0.5) is 11.8 Å². The van der Waals surface area contributed by atoms with Gasteiger partial charge in [0.25, 0.3) is 0 Å². The van der Waals surface area contributed by atoms with Gasteiger partial charge in [0.1, 0.15) is 5.75 Å². The van der Waals surface area contributed by atoms with E-state index in [9.17, 15) is 10.2 Å². The maximum Gasteiger partial charge on any atom is 0.227 e. The van der Waals surface area contributed by atoms with Gasteiger partial charge in [-0.3, -0.25) is 0 Å². The second kappa shape index (κ2) is 9.69. The number of phenols is 1. The Balaban J connectivity index is 1.72. The van der Waals surface area contributed by atoms with Crippen LogP contribution in [0.1, 0.15) is 43.9 Å². The molecule has 2 aromatic heterocycles. The smallest absolute Gasteiger partial charge is 0.227 e. The van der Waals surface area contributed by atoms with Crippen LogP contribution in [0, 0.1) is 6.92 Å². The maximum atomic E-state index is 10.6. The largest absolute Gasteiger partial charge is 0.507 e. The Labute approximate surface area is 199 Å². The molecule has 0 bridgehead atoms. The Morgan fingerprint density at radius 3 is 2.53 bits per heavy atom. The number of fused-ring (bicyclic) bond motifs is 1. The van der Waals surface area contributed by atoms with Crippen molar-refractivity contribution in [3.63, 3.8) is 0 Å². The van der Waals surface area contributed by atoms with Crippen molar-refractivity contribution in [3.8, 4) is 5.75 Å². The average molecular weight is 461 g/mol. The molecule has 0 spiro atoms. The summed E-state index contributed by atoms with van der Waals surface area (Å²) in [4.78, 5) is 14.0. The van der Waals surface area contributed by atoms with E-state index < -0.39 is 5.60 Å². The predicted molar refractivity (Wildman–Crippen MR) is 135 cm³/mol. The minimum absolute atomic E-state index is 0.232. The number of rotatable bonds is 9. The van der Waals surface area contributed by atoms with E-state index in [0.717, 1.165) is 16.7 Å². The van der Waals surface area contributed by atoms with Crippen LogP contribution in [0.5, 0.6) is 5.75 Å². The molecule has 8 heteroatoms.